The van der Waals surface area contributed by atoms with Crippen LogP contribution in [0.25, 0.3) is 11.1 Å². The van der Waals surface area contributed by atoms with Crippen LogP contribution in [0, 0.1) is 13.8 Å². The lowest BCUT2D eigenvalue weighted by Gasteiger charge is -2.15. The second kappa shape index (κ2) is 8.63. The number of hydrogen-bond acceptors (Lipinski definition) is 4. The maximum atomic E-state index is 13.0. The molecular formula is C25H23BrN2O3. The number of halogens is 1. The Bertz CT molecular complexity index is 1190. The summed E-state index contributed by atoms with van der Waals surface area (Å²) in [7, 11) is 1.35. The van der Waals surface area contributed by atoms with Crippen LogP contribution in [0.15, 0.2) is 53.1 Å². The van der Waals surface area contributed by atoms with Crippen molar-refractivity contribution in [2.24, 2.45) is 0 Å². The molecule has 1 fully saturated rings. The summed E-state index contributed by atoms with van der Waals surface area (Å²) in [6.07, 6.45) is 3.45. The molecule has 1 N–H and O–H groups in total. The van der Waals surface area contributed by atoms with Crippen LogP contribution >= 0.6 is 15.9 Å². The summed E-state index contributed by atoms with van der Waals surface area (Å²) in [5, 5.41) is 2.99. The Balaban J connectivity index is 1.65. The topological polar surface area (TPSA) is 68.3 Å². The first-order valence-electron chi connectivity index (χ1n) is 10.2. The van der Waals surface area contributed by atoms with Crippen molar-refractivity contribution in [1.82, 2.24) is 4.98 Å². The van der Waals surface area contributed by atoms with Gasteiger partial charge >= 0.3 is 5.97 Å². The lowest BCUT2D eigenvalue weighted by molar-refractivity contribution is 0.0598. The van der Waals surface area contributed by atoms with Gasteiger partial charge in [0, 0.05) is 16.4 Å². The zero-order valence-electron chi connectivity index (χ0n) is 17.7. The van der Waals surface area contributed by atoms with Crippen LogP contribution < -0.4 is 5.32 Å². The molecule has 1 aliphatic rings. The Morgan fingerprint density at radius 3 is 2.42 bits per heavy atom. The summed E-state index contributed by atoms with van der Waals surface area (Å²) >= 11 is 3.59. The molecule has 0 saturated heterocycles. The minimum Gasteiger partial charge on any atom is -0.465 e. The third-order valence-electron chi connectivity index (χ3n) is 5.73. The van der Waals surface area contributed by atoms with Gasteiger partial charge in [-0.2, -0.15) is 0 Å². The number of amides is 1. The zero-order chi connectivity index (χ0) is 22.1. The van der Waals surface area contributed by atoms with Crippen LogP contribution in [0.2, 0.25) is 0 Å². The number of nitrogens with one attached hydrogen (secondary N) is 1. The molecule has 1 heterocycles. The predicted molar refractivity (Wildman–Crippen MR) is 125 cm³/mol. The van der Waals surface area contributed by atoms with Crippen molar-refractivity contribution < 1.29 is 14.3 Å². The summed E-state index contributed by atoms with van der Waals surface area (Å²) in [5.74, 6) is -0.438. The summed E-state index contributed by atoms with van der Waals surface area (Å²) in [4.78, 5) is 29.3. The molecule has 158 valence electrons. The van der Waals surface area contributed by atoms with Gasteiger partial charge in [-0.3, -0.25) is 9.78 Å². The molecule has 0 unspecified atom stereocenters. The van der Waals surface area contributed by atoms with E-state index in [-0.39, 0.29) is 17.5 Å². The van der Waals surface area contributed by atoms with Crippen molar-refractivity contribution in [2.45, 2.75) is 32.6 Å². The number of anilines is 1. The van der Waals surface area contributed by atoms with Crippen molar-refractivity contribution in [1.29, 1.82) is 0 Å². The molecule has 1 amide bonds. The Hall–Kier alpha value is -2.99. The van der Waals surface area contributed by atoms with Gasteiger partial charge in [0.15, 0.2) is 0 Å². The van der Waals surface area contributed by atoms with Crippen molar-refractivity contribution in [3.63, 3.8) is 0 Å². The predicted octanol–water partition coefficient (Wildman–Crippen LogP) is 6.04. The first-order valence-corrected chi connectivity index (χ1v) is 10.9. The van der Waals surface area contributed by atoms with Crippen molar-refractivity contribution in [2.75, 3.05) is 12.4 Å². The van der Waals surface area contributed by atoms with Gasteiger partial charge in [0.1, 0.15) is 5.69 Å². The molecule has 0 aliphatic heterocycles. The van der Waals surface area contributed by atoms with E-state index in [2.05, 4.69) is 39.2 Å². The fourth-order valence-electron chi connectivity index (χ4n) is 3.76. The first-order chi connectivity index (χ1) is 14.9. The molecule has 6 heteroatoms. The Labute approximate surface area is 190 Å². The minimum absolute atomic E-state index is 0.285. The van der Waals surface area contributed by atoms with Crippen LogP contribution in [-0.2, 0) is 4.74 Å². The zero-order valence-corrected chi connectivity index (χ0v) is 19.2. The molecule has 3 aromatic rings. The van der Waals surface area contributed by atoms with E-state index in [1.54, 1.807) is 6.07 Å². The fourth-order valence-corrected chi connectivity index (χ4v) is 4.12. The molecule has 0 atom stereocenters. The molecule has 31 heavy (non-hydrogen) atoms. The molecular weight excluding hydrogens is 456 g/mol. The lowest BCUT2D eigenvalue weighted by atomic mass is 9.95. The molecule has 0 bridgehead atoms. The maximum Gasteiger partial charge on any atom is 0.339 e. The van der Waals surface area contributed by atoms with Crippen molar-refractivity contribution in [3.8, 4) is 11.1 Å². The van der Waals surface area contributed by atoms with Gasteiger partial charge in [0.05, 0.1) is 12.7 Å². The van der Waals surface area contributed by atoms with Gasteiger partial charge in [-0.1, -0.05) is 40.2 Å². The summed E-state index contributed by atoms with van der Waals surface area (Å²) in [6.45, 7) is 4.06. The highest BCUT2D eigenvalue weighted by atomic mass is 79.9. The number of aromatic nitrogens is 1. The molecule has 0 spiro atoms. The molecule has 0 radical (unpaired) electrons. The summed E-state index contributed by atoms with van der Waals surface area (Å²) < 4.78 is 5.90. The maximum absolute atomic E-state index is 13.0. The number of ether oxygens (including phenoxy) is 1. The Morgan fingerprint density at radius 1 is 1.06 bits per heavy atom. The number of benzene rings is 2. The number of rotatable bonds is 5. The van der Waals surface area contributed by atoms with E-state index in [9.17, 15) is 9.59 Å². The number of carbonyl (C=O) groups is 2. The highest BCUT2D eigenvalue weighted by Gasteiger charge is 2.30. The quantitative estimate of drug-likeness (QED) is 0.453. The average molecular weight is 479 g/mol. The average Bonchev–Trinajstić information content (AvgIpc) is 3.62. The van der Waals surface area contributed by atoms with E-state index in [1.165, 1.54) is 13.3 Å². The third-order valence-corrected chi connectivity index (χ3v) is 6.59. The molecule has 1 aromatic heterocycles. The normalized spacial score (nSPS) is 13.0. The minimum atomic E-state index is -0.422. The molecule has 2 aromatic carbocycles. The van der Waals surface area contributed by atoms with E-state index in [0.717, 1.165) is 50.8 Å². The number of hydrogen-bond donors (Lipinski definition) is 1. The molecule has 1 saturated carbocycles. The van der Waals surface area contributed by atoms with E-state index in [4.69, 9.17) is 4.74 Å². The number of nitrogens with zero attached hydrogens (tertiary/aromatic N) is 1. The molecule has 1 aliphatic carbocycles. The third kappa shape index (κ3) is 4.26. The van der Waals surface area contributed by atoms with E-state index < -0.39 is 5.97 Å². The number of methoxy groups -OCH3 is 1. The largest absolute Gasteiger partial charge is 0.465 e. The van der Waals surface area contributed by atoms with Crippen LogP contribution in [-0.4, -0.2) is 24.0 Å². The second-order valence-electron chi connectivity index (χ2n) is 7.77. The SMILES string of the molecule is COC(=O)c1cnc(C(=O)Nc2cccc(-c3cccc(Br)c3C)c2C)cc1C1CC1. The van der Waals surface area contributed by atoms with E-state index in [0.29, 0.717) is 5.56 Å². The van der Waals surface area contributed by atoms with Crippen molar-refractivity contribution in [3.05, 3.63) is 81.1 Å². The van der Waals surface area contributed by atoms with Crippen molar-refractivity contribution >= 4 is 33.5 Å². The van der Waals surface area contributed by atoms with Gasteiger partial charge in [0.25, 0.3) is 5.91 Å². The van der Waals surface area contributed by atoms with Gasteiger partial charge in [0.2, 0.25) is 0 Å². The first kappa shape index (κ1) is 21.2. The van der Waals surface area contributed by atoms with Crippen LogP contribution in [0.4, 0.5) is 5.69 Å². The molecule has 4 rings (SSSR count). The van der Waals surface area contributed by atoms with E-state index in [1.807, 2.05) is 37.3 Å². The monoisotopic (exact) mass is 478 g/mol. The highest BCUT2D eigenvalue weighted by Crippen LogP contribution is 2.42. The summed E-state index contributed by atoms with van der Waals surface area (Å²) in [5.41, 5.74) is 6.58. The van der Waals surface area contributed by atoms with E-state index >= 15 is 0 Å². The smallest absolute Gasteiger partial charge is 0.339 e. The number of esters is 1. The lowest BCUT2D eigenvalue weighted by Crippen LogP contribution is -2.16. The van der Waals surface area contributed by atoms with Gasteiger partial charge < -0.3 is 10.1 Å². The standard InChI is InChI=1S/C25H23BrN2O3/c1-14-17(6-4-8-21(14)26)18-7-5-9-22(15(18)2)28-24(29)23-12-19(16-10-11-16)20(13-27-23)25(30)31-3/h4-9,12-13,16H,10-11H2,1-3H3,(H,28,29). The Kier molecular flexibility index (Phi) is 5.92. The number of pyridine rings is 1. The highest BCUT2D eigenvalue weighted by molar-refractivity contribution is 9.10. The Morgan fingerprint density at radius 2 is 1.74 bits per heavy atom. The van der Waals surface area contributed by atoms with Gasteiger partial charge in [-0.05, 0) is 78.6 Å². The van der Waals surface area contributed by atoms with Crippen LogP contribution in [0.3, 0.4) is 0 Å². The van der Waals surface area contributed by atoms with Gasteiger partial charge in [-0.15, -0.1) is 0 Å². The summed E-state index contributed by atoms with van der Waals surface area (Å²) in [6, 6.07) is 13.7. The number of carbonyl (C=O) groups excluding carboxylic acids is 2. The van der Waals surface area contributed by atoms with Crippen LogP contribution in [0.5, 0.6) is 0 Å². The molecule has 5 nitrogen and oxygen atoms in total. The van der Waals surface area contributed by atoms with Gasteiger partial charge in [-0.25, -0.2) is 4.79 Å². The fraction of sp³-hybridized carbons (Fsp3) is 0.240. The van der Waals surface area contributed by atoms with Crippen LogP contribution in [0.1, 0.15) is 56.3 Å². The second-order valence-corrected chi connectivity index (χ2v) is 8.62.